The predicted molar refractivity (Wildman–Crippen MR) is 91.0 cm³/mol. The highest BCUT2D eigenvalue weighted by atomic mass is 19.4. The number of benzene rings is 1. The van der Waals surface area contributed by atoms with E-state index >= 15 is 0 Å². The maximum absolute atomic E-state index is 12.6. The second-order valence-corrected chi connectivity index (χ2v) is 6.37. The lowest BCUT2D eigenvalue weighted by Crippen LogP contribution is -2.49. The SMILES string of the molecule is N#CC1(NC(=O)COC(=O)/C=C/c2cccc(C(F)(F)F)c2)CCCCC1. The molecule has 1 N–H and O–H groups in total. The van der Waals surface area contributed by atoms with Crippen LogP contribution in [0, 0.1) is 11.3 Å². The predicted octanol–water partition coefficient (Wildman–Crippen LogP) is 3.60. The van der Waals surface area contributed by atoms with E-state index in [1.807, 2.05) is 0 Å². The minimum Gasteiger partial charge on any atom is -0.452 e. The van der Waals surface area contributed by atoms with Crippen LogP contribution in [0.25, 0.3) is 6.08 Å². The number of ether oxygens (including phenoxy) is 1. The molecule has 0 aromatic heterocycles. The molecule has 1 aliphatic carbocycles. The summed E-state index contributed by atoms with van der Waals surface area (Å²) in [6.07, 6.45) is 1.45. The topological polar surface area (TPSA) is 79.2 Å². The summed E-state index contributed by atoms with van der Waals surface area (Å²) in [4.78, 5) is 23.6. The van der Waals surface area contributed by atoms with Crippen molar-refractivity contribution in [3.8, 4) is 6.07 Å². The smallest absolute Gasteiger partial charge is 0.416 e. The Balaban J connectivity index is 1.86. The van der Waals surface area contributed by atoms with E-state index in [-0.39, 0.29) is 5.56 Å². The van der Waals surface area contributed by atoms with Gasteiger partial charge in [-0.15, -0.1) is 0 Å². The van der Waals surface area contributed by atoms with Gasteiger partial charge in [-0.1, -0.05) is 31.4 Å². The highest BCUT2D eigenvalue weighted by Gasteiger charge is 2.33. The van der Waals surface area contributed by atoms with Crippen LogP contribution in [-0.4, -0.2) is 24.0 Å². The summed E-state index contributed by atoms with van der Waals surface area (Å²) in [5, 5.41) is 11.9. The third-order valence-corrected chi connectivity index (χ3v) is 4.27. The molecule has 0 bridgehead atoms. The number of carbonyl (C=O) groups is 2. The first-order chi connectivity index (χ1) is 12.7. The van der Waals surface area contributed by atoms with E-state index in [2.05, 4.69) is 11.4 Å². The molecule has 144 valence electrons. The number of alkyl halides is 3. The number of halogens is 3. The van der Waals surface area contributed by atoms with Gasteiger partial charge in [0, 0.05) is 6.08 Å². The van der Waals surface area contributed by atoms with Gasteiger partial charge in [-0.2, -0.15) is 18.4 Å². The summed E-state index contributed by atoms with van der Waals surface area (Å²) < 4.78 is 42.7. The van der Waals surface area contributed by atoms with Crippen molar-refractivity contribution in [3.63, 3.8) is 0 Å². The molecule has 2 rings (SSSR count). The lowest BCUT2D eigenvalue weighted by Gasteiger charge is -2.31. The fourth-order valence-corrected chi connectivity index (χ4v) is 2.89. The van der Waals surface area contributed by atoms with Crippen LogP contribution in [0.15, 0.2) is 30.3 Å². The molecule has 0 unspecified atom stereocenters. The summed E-state index contributed by atoms with van der Waals surface area (Å²) in [5.74, 6) is -1.45. The quantitative estimate of drug-likeness (QED) is 0.625. The number of rotatable bonds is 5. The average molecular weight is 380 g/mol. The molecule has 27 heavy (non-hydrogen) atoms. The Labute approximate surface area is 154 Å². The van der Waals surface area contributed by atoms with Crippen molar-refractivity contribution in [1.82, 2.24) is 5.32 Å². The average Bonchev–Trinajstić information content (AvgIpc) is 2.65. The molecule has 0 radical (unpaired) electrons. The van der Waals surface area contributed by atoms with Crippen LogP contribution in [0.1, 0.15) is 43.2 Å². The summed E-state index contributed by atoms with van der Waals surface area (Å²) >= 11 is 0. The van der Waals surface area contributed by atoms with Gasteiger partial charge < -0.3 is 10.1 Å². The van der Waals surface area contributed by atoms with Crippen LogP contribution < -0.4 is 5.32 Å². The van der Waals surface area contributed by atoms with E-state index in [0.717, 1.165) is 37.5 Å². The molecule has 0 aliphatic heterocycles. The van der Waals surface area contributed by atoms with E-state index in [9.17, 15) is 28.0 Å². The molecule has 1 fully saturated rings. The summed E-state index contributed by atoms with van der Waals surface area (Å²) in [6.45, 7) is -0.560. The Morgan fingerprint density at radius 3 is 2.59 bits per heavy atom. The van der Waals surface area contributed by atoms with Crippen molar-refractivity contribution >= 4 is 18.0 Å². The molecule has 1 aliphatic rings. The summed E-state index contributed by atoms with van der Waals surface area (Å²) in [6, 6.07) is 6.58. The standard InChI is InChI=1S/C19H19F3N2O3/c20-19(21,22)15-6-4-5-14(11-15)7-8-17(26)27-12-16(25)24-18(13-23)9-2-1-3-10-18/h4-8,11H,1-3,9-10,12H2,(H,24,25)/b8-7+. The molecule has 1 amide bonds. The largest absolute Gasteiger partial charge is 0.452 e. The van der Waals surface area contributed by atoms with Gasteiger partial charge in [-0.05, 0) is 36.6 Å². The molecule has 0 heterocycles. The zero-order valence-electron chi connectivity index (χ0n) is 14.5. The first kappa shape index (κ1) is 20.5. The van der Waals surface area contributed by atoms with Gasteiger partial charge in [0.15, 0.2) is 6.61 Å². The van der Waals surface area contributed by atoms with Gasteiger partial charge in [0.1, 0.15) is 5.54 Å². The van der Waals surface area contributed by atoms with Crippen LogP contribution in [0.4, 0.5) is 13.2 Å². The molecular weight excluding hydrogens is 361 g/mol. The van der Waals surface area contributed by atoms with Crippen LogP contribution >= 0.6 is 0 Å². The molecule has 5 nitrogen and oxygen atoms in total. The first-order valence-electron chi connectivity index (χ1n) is 8.48. The maximum Gasteiger partial charge on any atom is 0.416 e. The van der Waals surface area contributed by atoms with Crippen LogP contribution in [0.3, 0.4) is 0 Å². The van der Waals surface area contributed by atoms with E-state index in [1.54, 1.807) is 0 Å². The molecule has 0 spiro atoms. The van der Waals surface area contributed by atoms with Crippen molar-refractivity contribution in [3.05, 3.63) is 41.5 Å². The third-order valence-electron chi connectivity index (χ3n) is 4.27. The second kappa shape index (κ2) is 8.71. The first-order valence-corrected chi connectivity index (χ1v) is 8.48. The molecule has 0 saturated heterocycles. The van der Waals surface area contributed by atoms with E-state index in [1.165, 1.54) is 18.2 Å². The van der Waals surface area contributed by atoms with Crippen molar-refractivity contribution in [2.75, 3.05) is 6.61 Å². The number of esters is 1. The van der Waals surface area contributed by atoms with Crippen molar-refractivity contribution in [1.29, 1.82) is 5.26 Å². The molecule has 1 aromatic carbocycles. The van der Waals surface area contributed by atoms with Crippen molar-refractivity contribution < 1.29 is 27.5 Å². The van der Waals surface area contributed by atoms with E-state index in [0.29, 0.717) is 12.8 Å². The second-order valence-electron chi connectivity index (χ2n) is 6.37. The zero-order valence-corrected chi connectivity index (χ0v) is 14.5. The third kappa shape index (κ3) is 6.13. The number of hydrogen-bond acceptors (Lipinski definition) is 4. The highest BCUT2D eigenvalue weighted by molar-refractivity contribution is 5.89. The van der Waals surface area contributed by atoms with Gasteiger partial charge in [-0.25, -0.2) is 4.79 Å². The Bertz CT molecular complexity index is 760. The monoisotopic (exact) mass is 380 g/mol. The fraction of sp³-hybridized carbons (Fsp3) is 0.421. The Kier molecular flexibility index (Phi) is 6.61. The van der Waals surface area contributed by atoms with Crippen LogP contribution in [-0.2, 0) is 20.5 Å². The maximum atomic E-state index is 12.6. The lowest BCUT2D eigenvalue weighted by molar-refractivity contribution is -0.144. The number of nitrogens with zero attached hydrogens (tertiary/aromatic N) is 1. The van der Waals surface area contributed by atoms with Gasteiger partial charge in [0.25, 0.3) is 5.91 Å². The Morgan fingerprint density at radius 1 is 1.26 bits per heavy atom. The number of hydrogen-bond donors (Lipinski definition) is 1. The van der Waals surface area contributed by atoms with Gasteiger partial charge in [0.2, 0.25) is 0 Å². The zero-order chi connectivity index (χ0) is 19.9. The highest BCUT2D eigenvalue weighted by Crippen LogP contribution is 2.30. The van der Waals surface area contributed by atoms with Crippen molar-refractivity contribution in [2.45, 2.75) is 43.8 Å². The molecule has 0 atom stereocenters. The summed E-state index contributed by atoms with van der Waals surface area (Å²) in [5.41, 5.74) is -1.57. The molecule has 8 heteroatoms. The fourth-order valence-electron chi connectivity index (χ4n) is 2.89. The number of amides is 1. The molecule has 1 aromatic rings. The number of carbonyl (C=O) groups excluding carboxylic acids is 2. The number of nitriles is 1. The Hall–Kier alpha value is -2.82. The van der Waals surface area contributed by atoms with Crippen LogP contribution in [0.2, 0.25) is 0 Å². The van der Waals surface area contributed by atoms with Gasteiger partial charge in [0.05, 0.1) is 11.6 Å². The van der Waals surface area contributed by atoms with E-state index < -0.39 is 35.8 Å². The molecule has 1 saturated carbocycles. The minimum atomic E-state index is -4.47. The summed E-state index contributed by atoms with van der Waals surface area (Å²) in [7, 11) is 0. The molecular formula is C19H19F3N2O3. The van der Waals surface area contributed by atoms with Crippen molar-refractivity contribution in [2.24, 2.45) is 0 Å². The Morgan fingerprint density at radius 2 is 1.96 bits per heavy atom. The lowest BCUT2D eigenvalue weighted by atomic mass is 9.83. The minimum absolute atomic E-state index is 0.178. The number of nitrogens with one attached hydrogen (secondary N) is 1. The van der Waals surface area contributed by atoms with Gasteiger partial charge >= 0.3 is 12.1 Å². The van der Waals surface area contributed by atoms with E-state index in [4.69, 9.17) is 4.74 Å². The normalized spacial score (nSPS) is 16.5. The van der Waals surface area contributed by atoms with Crippen LogP contribution in [0.5, 0.6) is 0 Å². The van der Waals surface area contributed by atoms with Gasteiger partial charge in [-0.3, -0.25) is 4.79 Å².